The van der Waals surface area contributed by atoms with Crippen LogP contribution in [0.1, 0.15) is 12.5 Å². The normalized spacial score (nSPS) is 13.7. The topological polar surface area (TPSA) is 47.6 Å². The Morgan fingerprint density at radius 2 is 1.96 bits per heavy atom. The second-order valence-corrected chi connectivity index (χ2v) is 6.90. The Kier molecular flexibility index (Phi) is 4.98. The third-order valence-electron chi connectivity index (χ3n) is 3.42. The predicted octanol–water partition coefficient (Wildman–Crippen LogP) is 4.33. The van der Waals surface area contributed by atoms with E-state index in [1.165, 1.54) is 0 Å². The van der Waals surface area contributed by atoms with E-state index in [2.05, 4.69) is 5.32 Å². The fourth-order valence-corrected chi connectivity index (χ4v) is 3.07. The van der Waals surface area contributed by atoms with Crippen LogP contribution in [-0.2, 0) is 10.5 Å². The Bertz CT molecular complexity index is 705. The summed E-state index contributed by atoms with van der Waals surface area (Å²) in [5, 5.41) is 3.45. The molecule has 1 heterocycles. The Morgan fingerprint density at radius 1 is 1.22 bits per heavy atom. The zero-order valence-corrected chi connectivity index (χ0v) is 14.1. The van der Waals surface area contributed by atoms with Crippen LogP contribution in [0.15, 0.2) is 42.5 Å². The fraction of sp³-hybridized carbons (Fsp3) is 0.235. The number of carbonyl (C=O) groups is 1. The van der Waals surface area contributed by atoms with E-state index in [1.54, 1.807) is 23.9 Å². The van der Waals surface area contributed by atoms with E-state index in [1.807, 2.05) is 37.3 Å². The first-order valence-electron chi connectivity index (χ1n) is 7.18. The quantitative estimate of drug-likeness (QED) is 0.872. The smallest absolute Gasteiger partial charge is 0.237 e. The van der Waals surface area contributed by atoms with Gasteiger partial charge in [0.25, 0.3) is 0 Å². The third kappa shape index (κ3) is 4.12. The van der Waals surface area contributed by atoms with E-state index >= 15 is 0 Å². The predicted molar refractivity (Wildman–Crippen MR) is 93.4 cm³/mol. The van der Waals surface area contributed by atoms with Crippen LogP contribution in [0.4, 0.5) is 5.69 Å². The average Bonchev–Trinajstić information content (AvgIpc) is 3.01. The highest BCUT2D eigenvalue weighted by Gasteiger charge is 2.17. The highest BCUT2D eigenvalue weighted by atomic mass is 35.5. The van der Waals surface area contributed by atoms with E-state index < -0.39 is 0 Å². The van der Waals surface area contributed by atoms with Crippen LogP contribution in [0, 0.1) is 0 Å². The third-order valence-corrected chi connectivity index (χ3v) is 4.89. The van der Waals surface area contributed by atoms with Crippen molar-refractivity contribution in [3.63, 3.8) is 0 Å². The molecule has 1 amide bonds. The summed E-state index contributed by atoms with van der Waals surface area (Å²) in [6.45, 7) is 2.11. The lowest BCUT2D eigenvalue weighted by molar-refractivity contribution is -0.115. The van der Waals surface area contributed by atoms with Crippen molar-refractivity contribution in [3.05, 3.63) is 53.1 Å². The van der Waals surface area contributed by atoms with Gasteiger partial charge in [-0.1, -0.05) is 23.7 Å². The van der Waals surface area contributed by atoms with Crippen LogP contribution in [-0.4, -0.2) is 18.0 Å². The number of hydrogen-bond donors (Lipinski definition) is 1. The van der Waals surface area contributed by atoms with Crippen LogP contribution in [0.25, 0.3) is 0 Å². The summed E-state index contributed by atoms with van der Waals surface area (Å²) in [6, 6.07) is 13.0. The Morgan fingerprint density at radius 3 is 2.74 bits per heavy atom. The Balaban J connectivity index is 1.54. The number of amides is 1. The minimum atomic E-state index is -0.170. The van der Waals surface area contributed by atoms with Crippen molar-refractivity contribution in [3.8, 4) is 11.5 Å². The molecule has 0 aliphatic carbocycles. The molecule has 1 aliphatic rings. The van der Waals surface area contributed by atoms with Gasteiger partial charge >= 0.3 is 0 Å². The van der Waals surface area contributed by atoms with Gasteiger partial charge in [0.05, 0.1) is 5.25 Å². The van der Waals surface area contributed by atoms with Crippen molar-refractivity contribution in [2.45, 2.75) is 17.9 Å². The minimum absolute atomic E-state index is 0.0390. The van der Waals surface area contributed by atoms with E-state index in [4.69, 9.17) is 21.1 Å². The molecular formula is C17H16ClNO3S. The van der Waals surface area contributed by atoms with Crippen molar-refractivity contribution in [1.29, 1.82) is 0 Å². The van der Waals surface area contributed by atoms with Gasteiger partial charge in [-0.15, -0.1) is 11.8 Å². The van der Waals surface area contributed by atoms with Crippen LogP contribution < -0.4 is 14.8 Å². The summed E-state index contributed by atoms with van der Waals surface area (Å²) in [7, 11) is 0. The summed E-state index contributed by atoms with van der Waals surface area (Å²) in [5.41, 5.74) is 1.85. The molecule has 4 nitrogen and oxygen atoms in total. The summed E-state index contributed by atoms with van der Waals surface area (Å²) in [5.74, 6) is 2.08. The van der Waals surface area contributed by atoms with Gasteiger partial charge in [-0.2, -0.15) is 0 Å². The van der Waals surface area contributed by atoms with Crippen molar-refractivity contribution in [1.82, 2.24) is 0 Å². The number of halogens is 1. The molecule has 1 atom stereocenters. The number of fused-ring (bicyclic) bond motifs is 1. The molecule has 0 saturated carbocycles. The molecule has 6 heteroatoms. The number of ether oxygens (including phenoxy) is 2. The first kappa shape index (κ1) is 16.0. The summed E-state index contributed by atoms with van der Waals surface area (Å²) < 4.78 is 10.6. The van der Waals surface area contributed by atoms with Crippen molar-refractivity contribution >= 4 is 35.0 Å². The molecule has 1 aliphatic heterocycles. The monoisotopic (exact) mass is 349 g/mol. The number of anilines is 1. The highest BCUT2D eigenvalue weighted by molar-refractivity contribution is 7.99. The van der Waals surface area contributed by atoms with Gasteiger partial charge in [0, 0.05) is 22.5 Å². The van der Waals surface area contributed by atoms with Gasteiger partial charge in [0.2, 0.25) is 12.7 Å². The van der Waals surface area contributed by atoms with Crippen molar-refractivity contribution < 1.29 is 14.3 Å². The molecule has 0 fully saturated rings. The molecule has 0 saturated heterocycles. The zero-order chi connectivity index (χ0) is 16.2. The molecule has 2 aromatic carbocycles. The molecule has 120 valence electrons. The second kappa shape index (κ2) is 7.15. The number of rotatable bonds is 5. The standard InChI is InChI=1S/C17H16ClNO3S/c1-11(23-9-12-2-4-13(18)5-3-12)17(20)19-14-6-7-15-16(8-14)22-10-21-15/h2-8,11H,9-10H2,1H3,(H,19,20). The Labute approximate surface area is 144 Å². The highest BCUT2D eigenvalue weighted by Crippen LogP contribution is 2.34. The maximum Gasteiger partial charge on any atom is 0.237 e. The molecule has 0 aromatic heterocycles. The molecule has 2 aromatic rings. The average molecular weight is 350 g/mol. The van der Waals surface area contributed by atoms with Crippen LogP contribution in [0.3, 0.4) is 0 Å². The number of carbonyl (C=O) groups excluding carboxylic acids is 1. The summed E-state index contributed by atoms with van der Waals surface area (Å²) in [6.07, 6.45) is 0. The molecule has 1 N–H and O–H groups in total. The second-order valence-electron chi connectivity index (χ2n) is 5.14. The molecule has 1 unspecified atom stereocenters. The summed E-state index contributed by atoms with van der Waals surface area (Å²) >= 11 is 7.44. The first-order chi connectivity index (χ1) is 11.1. The molecular weight excluding hydrogens is 334 g/mol. The van der Waals surface area contributed by atoms with E-state index in [0.717, 1.165) is 11.3 Å². The Hall–Kier alpha value is -1.85. The number of hydrogen-bond acceptors (Lipinski definition) is 4. The first-order valence-corrected chi connectivity index (χ1v) is 8.61. The van der Waals surface area contributed by atoms with Crippen molar-refractivity contribution in [2.75, 3.05) is 12.1 Å². The summed E-state index contributed by atoms with van der Waals surface area (Å²) in [4.78, 5) is 12.3. The van der Waals surface area contributed by atoms with Gasteiger partial charge in [0.15, 0.2) is 11.5 Å². The maximum atomic E-state index is 12.3. The number of benzene rings is 2. The number of thioether (sulfide) groups is 1. The van der Waals surface area contributed by atoms with Crippen LogP contribution >= 0.6 is 23.4 Å². The lowest BCUT2D eigenvalue weighted by Crippen LogP contribution is -2.22. The van der Waals surface area contributed by atoms with Crippen molar-refractivity contribution in [2.24, 2.45) is 0 Å². The van der Waals surface area contributed by atoms with Gasteiger partial charge in [0.1, 0.15) is 0 Å². The minimum Gasteiger partial charge on any atom is -0.454 e. The van der Waals surface area contributed by atoms with E-state index in [9.17, 15) is 4.79 Å². The number of nitrogens with one attached hydrogen (secondary N) is 1. The lowest BCUT2D eigenvalue weighted by atomic mass is 10.2. The van der Waals surface area contributed by atoms with E-state index in [0.29, 0.717) is 22.2 Å². The van der Waals surface area contributed by atoms with Crippen LogP contribution in [0.5, 0.6) is 11.5 Å². The van der Waals surface area contributed by atoms with Gasteiger partial charge < -0.3 is 14.8 Å². The SMILES string of the molecule is CC(SCc1ccc(Cl)cc1)C(=O)Nc1ccc2c(c1)OCO2. The van der Waals surface area contributed by atoms with E-state index in [-0.39, 0.29) is 18.0 Å². The molecule has 0 bridgehead atoms. The molecule has 0 spiro atoms. The molecule has 3 rings (SSSR count). The van der Waals surface area contributed by atoms with Gasteiger partial charge in [-0.05, 0) is 36.8 Å². The fourth-order valence-electron chi connectivity index (χ4n) is 2.10. The van der Waals surface area contributed by atoms with Gasteiger partial charge in [-0.3, -0.25) is 4.79 Å². The van der Waals surface area contributed by atoms with Crippen LogP contribution in [0.2, 0.25) is 5.02 Å². The molecule has 23 heavy (non-hydrogen) atoms. The zero-order valence-electron chi connectivity index (χ0n) is 12.5. The largest absolute Gasteiger partial charge is 0.454 e. The van der Waals surface area contributed by atoms with Gasteiger partial charge in [-0.25, -0.2) is 0 Å². The maximum absolute atomic E-state index is 12.3. The molecule has 0 radical (unpaired) electrons. The lowest BCUT2D eigenvalue weighted by Gasteiger charge is -2.12.